The van der Waals surface area contributed by atoms with Gasteiger partial charge in [0.1, 0.15) is 0 Å². The lowest BCUT2D eigenvalue weighted by Crippen LogP contribution is -2.25. The molecule has 0 aliphatic heterocycles. The summed E-state index contributed by atoms with van der Waals surface area (Å²) in [5.41, 5.74) is 6.56. The van der Waals surface area contributed by atoms with Gasteiger partial charge in [0, 0.05) is 31.0 Å². The maximum absolute atomic E-state index is 5.36. The topological polar surface area (TPSA) is 53.8 Å². The van der Waals surface area contributed by atoms with Crippen molar-refractivity contribution in [1.29, 1.82) is 0 Å². The van der Waals surface area contributed by atoms with Gasteiger partial charge >= 0.3 is 0 Å². The Bertz CT molecular complexity index is 181. The highest BCUT2D eigenvalue weighted by molar-refractivity contribution is 5.07. The van der Waals surface area contributed by atoms with Crippen LogP contribution in [0.4, 0.5) is 0 Å². The summed E-state index contributed by atoms with van der Waals surface area (Å²) in [7, 11) is 0. The lowest BCUT2D eigenvalue weighted by atomic mass is 10.2. The van der Waals surface area contributed by atoms with Crippen LogP contribution in [0.15, 0.2) is 18.3 Å². The summed E-state index contributed by atoms with van der Waals surface area (Å²) in [4.78, 5) is 3.14. The first-order chi connectivity index (χ1) is 5.34. The Kier molecular flexibility index (Phi) is 3.14. The van der Waals surface area contributed by atoms with Gasteiger partial charge in [0.15, 0.2) is 0 Å². The maximum Gasteiger partial charge on any atom is 0.0444 e. The molecule has 62 valence electrons. The summed E-state index contributed by atoms with van der Waals surface area (Å²) >= 11 is 0. The van der Waals surface area contributed by atoms with Crippen LogP contribution in [0.2, 0.25) is 0 Å². The first-order valence-corrected chi connectivity index (χ1v) is 3.91. The van der Waals surface area contributed by atoms with Crippen molar-refractivity contribution in [2.75, 3.05) is 13.1 Å². The van der Waals surface area contributed by atoms with Gasteiger partial charge in [-0.15, -0.1) is 0 Å². The van der Waals surface area contributed by atoms with Crippen molar-refractivity contribution in [2.24, 2.45) is 5.73 Å². The van der Waals surface area contributed by atoms with E-state index in [2.05, 4.69) is 23.3 Å². The third-order valence-electron chi connectivity index (χ3n) is 1.68. The molecule has 11 heavy (non-hydrogen) atoms. The molecular formula is C8H15N3. The minimum Gasteiger partial charge on any atom is -0.364 e. The van der Waals surface area contributed by atoms with E-state index in [0.717, 1.165) is 6.54 Å². The van der Waals surface area contributed by atoms with Crippen LogP contribution in [0.5, 0.6) is 0 Å². The normalized spacial score (nSPS) is 13.3. The summed E-state index contributed by atoms with van der Waals surface area (Å²) in [6.45, 7) is 3.66. The van der Waals surface area contributed by atoms with Gasteiger partial charge < -0.3 is 16.0 Å². The number of nitrogens with two attached hydrogens (primary N) is 1. The molecule has 3 heteroatoms. The van der Waals surface area contributed by atoms with E-state index in [1.165, 1.54) is 5.69 Å². The molecule has 0 saturated heterocycles. The molecule has 0 saturated carbocycles. The average Bonchev–Trinajstić information content (AvgIpc) is 2.52. The van der Waals surface area contributed by atoms with E-state index in [1.807, 2.05) is 12.3 Å². The standard InChI is InChI=1S/C8H15N3/c1-7(10-6-4-9)8-3-2-5-11-8/h2-3,5,7,10-11H,4,6,9H2,1H3. The molecule has 0 bridgehead atoms. The van der Waals surface area contributed by atoms with Gasteiger partial charge in [0.25, 0.3) is 0 Å². The van der Waals surface area contributed by atoms with Crippen molar-refractivity contribution in [3.05, 3.63) is 24.0 Å². The molecule has 1 heterocycles. The molecule has 0 amide bonds. The van der Waals surface area contributed by atoms with Gasteiger partial charge in [-0.2, -0.15) is 0 Å². The maximum atomic E-state index is 5.36. The molecular weight excluding hydrogens is 138 g/mol. The Balaban J connectivity index is 2.36. The molecule has 1 rings (SSSR count). The molecule has 1 unspecified atom stereocenters. The van der Waals surface area contributed by atoms with Crippen molar-refractivity contribution in [1.82, 2.24) is 10.3 Å². The molecule has 0 aromatic carbocycles. The first-order valence-electron chi connectivity index (χ1n) is 3.91. The van der Waals surface area contributed by atoms with E-state index < -0.39 is 0 Å². The molecule has 3 nitrogen and oxygen atoms in total. The Morgan fingerprint density at radius 1 is 1.73 bits per heavy atom. The fourth-order valence-electron chi connectivity index (χ4n) is 1.02. The van der Waals surface area contributed by atoms with Gasteiger partial charge in [-0.05, 0) is 19.1 Å². The average molecular weight is 153 g/mol. The Labute approximate surface area is 67.0 Å². The molecule has 4 N–H and O–H groups in total. The second kappa shape index (κ2) is 4.16. The van der Waals surface area contributed by atoms with Crippen LogP contribution in [0.25, 0.3) is 0 Å². The highest BCUT2D eigenvalue weighted by Crippen LogP contribution is 2.07. The molecule has 0 aliphatic carbocycles. The second-order valence-electron chi connectivity index (χ2n) is 2.59. The van der Waals surface area contributed by atoms with Crippen molar-refractivity contribution in [3.63, 3.8) is 0 Å². The fraction of sp³-hybridized carbons (Fsp3) is 0.500. The number of aromatic amines is 1. The number of nitrogens with one attached hydrogen (secondary N) is 2. The minimum atomic E-state index is 0.369. The zero-order valence-corrected chi connectivity index (χ0v) is 6.80. The Hall–Kier alpha value is -0.800. The van der Waals surface area contributed by atoms with Gasteiger partial charge in [0.05, 0.1) is 0 Å². The van der Waals surface area contributed by atoms with Crippen LogP contribution in [0, 0.1) is 0 Å². The van der Waals surface area contributed by atoms with Crippen molar-refractivity contribution in [2.45, 2.75) is 13.0 Å². The van der Waals surface area contributed by atoms with Crippen LogP contribution in [-0.4, -0.2) is 18.1 Å². The molecule has 1 aromatic heterocycles. The van der Waals surface area contributed by atoms with E-state index in [1.54, 1.807) is 0 Å². The van der Waals surface area contributed by atoms with Gasteiger partial charge in [0.2, 0.25) is 0 Å². The number of hydrogen-bond donors (Lipinski definition) is 3. The van der Waals surface area contributed by atoms with Crippen LogP contribution in [-0.2, 0) is 0 Å². The van der Waals surface area contributed by atoms with Crippen molar-refractivity contribution in [3.8, 4) is 0 Å². The predicted octanol–water partition coefficient (Wildman–Crippen LogP) is 0.624. The van der Waals surface area contributed by atoms with E-state index in [4.69, 9.17) is 5.73 Å². The molecule has 0 fully saturated rings. The summed E-state index contributed by atoms with van der Waals surface area (Å²) in [6.07, 6.45) is 1.93. The van der Waals surface area contributed by atoms with E-state index in [0.29, 0.717) is 12.6 Å². The lowest BCUT2D eigenvalue weighted by Gasteiger charge is -2.10. The fourth-order valence-corrected chi connectivity index (χ4v) is 1.02. The minimum absolute atomic E-state index is 0.369. The van der Waals surface area contributed by atoms with E-state index in [9.17, 15) is 0 Å². The van der Waals surface area contributed by atoms with Crippen LogP contribution < -0.4 is 11.1 Å². The summed E-state index contributed by atoms with van der Waals surface area (Å²) < 4.78 is 0. The van der Waals surface area contributed by atoms with Crippen molar-refractivity contribution < 1.29 is 0 Å². The third kappa shape index (κ3) is 2.37. The van der Waals surface area contributed by atoms with Gasteiger partial charge in [-0.3, -0.25) is 0 Å². The number of aromatic nitrogens is 1. The molecule has 1 atom stereocenters. The lowest BCUT2D eigenvalue weighted by molar-refractivity contribution is 0.571. The van der Waals surface area contributed by atoms with Gasteiger partial charge in [-0.25, -0.2) is 0 Å². The molecule has 1 aromatic rings. The quantitative estimate of drug-likeness (QED) is 0.594. The molecule has 0 aliphatic rings. The number of hydrogen-bond acceptors (Lipinski definition) is 2. The highest BCUT2D eigenvalue weighted by atomic mass is 14.9. The van der Waals surface area contributed by atoms with E-state index in [-0.39, 0.29) is 0 Å². The SMILES string of the molecule is CC(NCCN)c1ccc[nH]1. The smallest absolute Gasteiger partial charge is 0.0444 e. The van der Waals surface area contributed by atoms with Crippen LogP contribution >= 0.6 is 0 Å². The third-order valence-corrected chi connectivity index (χ3v) is 1.68. The first kappa shape index (κ1) is 8.30. The summed E-state index contributed by atoms with van der Waals surface area (Å²) in [5.74, 6) is 0. The molecule has 0 spiro atoms. The highest BCUT2D eigenvalue weighted by Gasteiger charge is 2.02. The Morgan fingerprint density at radius 2 is 2.55 bits per heavy atom. The molecule has 0 radical (unpaired) electrons. The van der Waals surface area contributed by atoms with Gasteiger partial charge in [-0.1, -0.05) is 0 Å². The number of rotatable bonds is 4. The number of H-pyrrole nitrogens is 1. The Morgan fingerprint density at radius 3 is 3.09 bits per heavy atom. The van der Waals surface area contributed by atoms with Crippen molar-refractivity contribution >= 4 is 0 Å². The largest absolute Gasteiger partial charge is 0.364 e. The van der Waals surface area contributed by atoms with E-state index >= 15 is 0 Å². The van der Waals surface area contributed by atoms with Crippen LogP contribution in [0.3, 0.4) is 0 Å². The van der Waals surface area contributed by atoms with Crippen LogP contribution in [0.1, 0.15) is 18.7 Å². The zero-order chi connectivity index (χ0) is 8.10. The summed E-state index contributed by atoms with van der Waals surface area (Å²) in [5, 5.41) is 3.28. The zero-order valence-electron chi connectivity index (χ0n) is 6.80. The second-order valence-corrected chi connectivity index (χ2v) is 2.59. The monoisotopic (exact) mass is 153 g/mol. The predicted molar refractivity (Wildman–Crippen MR) is 46.3 cm³/mol. The summed E-state index contributed by atoms with van der Waals surface area (Å²) in [6, 6.07) is 4.43.